The van der Waals surface area contributed by atoms with Crippen LogP contribution in [-0.2, 0) is 16.6 Å². The first-order valence-corrected chi connectivity index (χ1v) is 11.8. The molecule has 0 bridgehead atoms. The molecule has 0 unspecified atom stereocenters. The minimum atomic E-state index is -1.17. The smallest absolute Gasteiger partial charge is 0.341 e. The van der Waals surface area contributed by atoms with Gasteiger partial charge in [0.1, 0.15) is 5.02 Å². The van der Waals surface area contributed by atoms with Crippen LogP contribution in [0.3, 0.4) is 0 Å². The number of carboxylic acids is 1. The van der Waals surface area contributed by atoms with Gasteiger partial charge in [-0.05, 0) is 37.1 Å². The third kappa shape index (κ3) is 5.35. The van der Waals surface area contributed by atoms with Crippen molar-refractivity contribution < 1.29 is 19.4 Å². The van der Waals surface area contributed by atoms with Gasteiger partial charge in [0.05, 0.1) is 11.7 Å². The summed E-state index contributed by atoms with van der Waals surface area (Å²) >= 11 is 6.37. The van der Waals surface area contributed by atoms with Crippen molar-refractivity contribution in [1.82, 2.24) is 19.4 Å². The number of carbonyl (C=O) groups is 2. The second-order valence-electron chi connectivity index (χ2n) is 8.81. The van der Waals surface area contributed by atoms with Crippen molar-refractivity contribution in [2.24, 2.45) is 13.0 Å². The van der Waals surface area contributed by atoms with Crippen molar-refractivity contribution in [2.75, 3.05) is 44.0 Å². The molecule has 0 aliphatic carbocycles. The standard InChI is InChI=1S/C24H27ClN6O5/c1-29(2)22(34)14-6-8-31(9-7-14)24-26-12-17(25)21(28-24)27-16-4-5-18-15(10-16)11-19(23(35)30(18)3)36-13-20(32)33/h4-5,10-12,14H,6-9,13H2,1-3H3,(H,32,33)(H,26,27,28). The molecule has 0 spiro atoms. The van der Waals surface area contributed by atoms with Gasteiger partial charge in [-0.3, -0.25) is 9.59 Å². The Morgan fingerprint density at radius 2 is 1.97 bits per heavy atom. The average Bonchev–Trinajstić information content (AvgIpc) is 2.86. The summed E-state index contributed by atoms with van der Waals surface area (Å²) < 4.78 is 6.56. The van der Waals surface area contributed by atoms with E-state index in [4.69, 9.17) is 21.4 Å². The Morgan fingerprint density at radius 3 is 2.64 bits per heavy atom. The number of aliphatic carboxylic acids is 1. The fourth-order valence-electron chi connectivity index (χ4n) is 4.20. The highest BCUT2D eigenvalue weighted by atomic mass is 35.5. The number of amides is 1. The van der Waals surface area contributed by atoms with Crippen LogP contribution >= 0.6 is 11.6 Å². The Hall–Kier alpha value is -3.86. The van der Waals surface area contributed by atoms with Crippen LogP contribution in [0.15, 0.2) is 35.3 Å². The van der Waals surface area contributed by atoms with Crippen LogP contribution < -0.4 is 20.5 Å². The molecule has 1 aliphatic rings. The zero-order valence-corrected chi connectivity index (χ0v) is 20.9. The van der Waals surface area contributed by atoms with E-state index in [-0.39, 0.29) is 17.6 Å². The lowest BCUT2D eigenvalue weighted by atomic mass is 9.96. The number of carboxylic acid groups (broad SMARTS) is 1. The molecule has 3 heterocycles. The number of nitrogens with one attached hydrogen (secondary N) is 1. The Morgan fingerprint density at radius 1 is 1.25 bits per heavy atom. The molecule has 36 heavy (non-hydrogen) atoms. The van der Waals surface area contributed by atoms with E-state index in [0.717, 1.165) is 12.8 Å². The van der Waals surface area contributed by atoms with Gasteiger partial charge in [-0.25, -0.2) is 9.78 Å². The maximum absolute atomic E-state index is 12.5. The normalized spacial score (nSPS) is 14.1. The summed E-state index contributed by atoms with van der Waals surface area (Å²) in [5.41, 5.74) is 0.883. The van der Waals surface area contributed by atoms with E-state index in [0.29, 0.717) is 46.5 Å². The van der Waals surface area contributed by atoms with Gasteiger partial charge in [0.2, 0.25) is 11.9 Å². The van der Waals surface area contributed by atoms with Gasteiger partial charge in [-0.2, -0.15) is 4.98 Å². The van der Waals surface area contributed by atoms with Crippen LogP contribution in [0.1, 0.15) is 12.8 Å². The van der Waals surface area contributed by atoms with Crippen LogP contribution in [0, 0.1) is 5.92 Å². The first kappa shape index (κ1) is 25.2. The molecule has 190 valence electrons. The lowest BCUT2D eigenvalue weighted by Gasteiger charge is -2.32. The fraction of sp³-hybridized carbons (Fsp3) is 0.375. The van der Waals surface area contributed by atoms with Gasteiger partial charge >= 0.3 is 5.97 Å². The van der Waals surface area contributed by atoms with E-state index in [1.54, 1.807) is 44.2 Å². The summed E-state index contributed by atoms with van der Waals surface area (Å²) in [5, 5.41) is 13.1. The number of benzene rings is 1. The van der Waals surface area contributed by atoms with Crippen molar-refractivity contribution in [3.05, 3.63) is 45.8 Å². The van der Waals surface area contributed by atoms with Crippen molar-refractivity contribution >= 4 is 51.8 Å². The first-order chi connectivity index (χ1) is 17.1. The number of carbonyl (C=O) groups excluding carboxylic acids is 1. The van der Waals surface area contributed by atoms with Crippen LogP contribution in [0.25, 0.3) is 10.9 Å². The average molecular weight is 515 g/mol. The van der Waals surface area contributed by atoms with Gasteiger partial charge in [0.15, 0.2) is 18.2 Å². The molecule has 1 aromatic carbocycles. The molecule has 1 saturated heterocycles. The molecule has 11 nitrogen and oxygen atoms in total. The summed E-state index contributed by atoms with van der Waals surface area (Å²) in [5.74, 6) is -0.151. The summed E-state index contributed by atoms with van der Waals surface area (Å²) in [4.78, 5) is 48.2. The van der Waals surface area contributed by atoms with E-state index in [1.165, 1.54) is 16.8 Å². The second-order valence-corrected chi connectivity index (χ2v) is 9.22. The third-order valence-electron chi connectivity index (χ3n) is 6.10. The highest BCUT2D eigenvalue weighted by Crippen LogP contribution is 2.29. The topological polar surface area (TPSA) is 130 Å². The number of ether oxygens (including phenoxy) is 1. The predicted molar refractivity (Wildman–Crippen MR) is 136 cm³/mol. The molecule has 1 aliphatic heterocycles. The van der Waals surface area contributed by atoms with Gasteiger partial charge in [0, 0.05) is 51.2 Å². The number of aromatic nitrogens is 3. The summed E-state index contributed by atoms with van der Waals surface area (Å²) in [6, 6.07) is 6.86. The van der Waals surface area contributed by atoms with E-state index >= 15 is 0 Å². The summed E-state index contributed by atoms with van der Waals surface area (Å²) in [7, 11) is 5.13. The zero-order chi connectivity index (χ0) is 26.0. The molecular formula is C24H27ClN6O5. The van der Waals surface area contributed by atoms with Gasteiger partial charge < -0.3 is 29.5 Å². The van der Waals surface area contributed by atoms with Crippen molar-refractivity contribution in [3.8, 4) is 5.75 Å². The van der Waals surface area contributed by atoms with Crippen LogP contribution in [0.5, 0.6) is 5.75 Å². The van der Waals surface area contributed by atoms with E-state index in [2.05, 4.69) is 15.3 Å². The Kier molecular flexibility index (Phi) is 7.30. The molecule has 3 aromatic rings. The summed E-state index contributed by atoms with van der Waals surface area (Å²) in [6.07, 6.45) is 2.98. The fourth-order valence-corrected chi connectivity index (χ4v) is 4.34. The third-order valence-corrected chi connectivity index (χ3v) is 6.38. The van der Waals surface area contributed by atoms with E-state index < -0.39 is 18.1 Å². The SMILES string of the molecule is CN(C)C(=O)C1CCN(c2ncc(Cl)c(Nc3ccc4c(c3)cc(OCC(=O)O)c(=O)n4C)n2)CC1. The van der Waals surface area contributed by atoms with Crippen molar-refractivity contribution in [2.45, 2.75) is 12.8 Å². The lowest BCUT2D eigenvalue weighted by molar-refractivity contribution is -0.139. The Labute approximate surface area is 212 Å². The Balaban J connectivity index is 1.55. The molecule has 12 heteroatoms. The maximum atomic E-state index is 12.5. The number of piperidine rings is 1. The van der Waals surface area contributed by atoms with Crippen molar-refractivity contribution in [3.63, 3.8) is 0 Å². The monoisotopic (exact) mass is 514 g/mol. The van der Waals surface area contributed by atoms with Crippen LogP contribution in [0.2, 0.25) is 5.02 Å². The number of nitrogens with zero attached hydrogens (tertiary/aromatic N) is 5. The zero-order valence-electron chi connectivity index (χ0n) is 20.2. The number of hydrogen-bond donors (Lipinski definition) is 2. The summed E-state index contributed by atoms with van der Waals surface area (Å²) in [6.45, 7) is 0.710. The number of pyridine rings is 1. The molecule has 2 aromatic heterocycles. The molecule has 1 amide bonds. The molecule has 0 saturated carbocycles. The maximum Gasteiger partial charge on any atom is 0.341 e. The van der Waals surface area contributed by atoms with Gasteiger partial charge in [-0.15, -0.1) is 0 Å². The molecule has 1 fully saturated rings. The second kappa shape index (κ2) is 10.4. The van der Waals surface area contributed by atoms with Crippen LogP contribution in [-0.4, -0.2) is 70.2 Å². The van der Waals surface area contributed by atoms with Gasteiger partial charge in [0.25, 0.3) is 5.56 Å². The van der Waals surface area contributed by atoms with Gasteiger partial charge in [-0.1, -0.05) is 11.6 Å². The highest BCUT2D eigenvalue weighted by molar-refractivity contribution is 6.32. The van der Waals surface area contributed by atoms with Crippen LogP contribution in [0.4, 0.5) is 17.5 Å². The number of rotatable bonds is 7. The van der Waals surface area contributed by atoms with E-state index in [9.17, 15) is 14.4 Å². The highest BCUT2D eigenvalue weighted by Gasteiger charge is 2.27. The van der Waals surface area contributed by atoms with E-state index in [1.807, 2.05) is 4.90 Å². The number of aryl methyl sites for hydroxylation is 1. The molecule has 0 atom stereocenters. The molecule has 0 radical (unpaired) electrons. The number of anilines is 3. The molecular weight excluding hydrogens is 488 g/mol. The predicted octanol–water partition coefficient (Wildman–Crippen LogP) is 2.49. The minimum absolute atomic E-state index is 0.000854. The number of halogens is 1. The Bertz CT molecular complexity index is 1370. The lowest BCUT2D eigenvalue weighted by Crippen LogP contribution is -2.40. The van der Waals surface area contributed by atoms with Crippen molar-refractivity contribution in [1.29, 1.82) is 0 Å². The molecule has 2 N–H and O–H groups in total. The minimum Gasteiger partial charge on any atom is -0.479 e. The quantitative estimate of drug-likeness (QED) is 0.488. The number of fused-ring (bicyclic) bond motifs is 1. The number of hydrogen-bond acceptors (Lipinski definition) is 8. The first-order valence-electron chi connectivity index (χ1n) is 11.4. The largest absolute Gasteiger partial charge is 0.479 e. The molecule has 4 rings (SSSR count).